The SMILES string of the molecule is Cc1cccc(OCCC(=O)NNC(=O)c2cccc(N(C)C)c2)c1C. The molecule has 0 aliphatic rings. The van der Waals surface area contributed by atoms with Crippen LogP contribution in [0.5, 0.6) is 5.75 Å². The normalized spacial score (nSPS) is 10.2. The molecule has 2 aromatic rings. The lowest BCUT2D eigenvalue weighted by atomic mass is 10.1. The van der Waals surface area contributed by atoms with E-state index in [0.29, 0.717) is 5.56 Å². The molecule has 0 spiro atoms. The van der Waals surface area contributed by atoms with Crippen LogP contribution >= 0.6 is 0 Å². The molecule has 0 atom stereocenters. The number of nitrogens with zero attached hydrogens (tertiary/aromatic N) is 1. The van der Waals surface area contributed by atoms with Gasteiger partial charge in [0.1, 0.15) is 5.75 Å². The van der Waals surface area contributed by atoms with Crippen LogP contribution in [0.2, 0.25) is 0 Å². The number of hydrazine groups is 1. The lowest BCUT2D eigenvalue weighted by Gasteiger charge is -2.14. The van der Waals surface area contributed by atoms with Gasteiger partial charge in [-0.1, -0.05) is 18.2 Å². The Morgan fingerprint density at radius 1 is 1.04 bits per heavy atom. The van der Waals surface area contributed by atoms with E-state index in [1.807, 2.05) is 57.1 Å². The maximum Gasteiger partial charge on any atom is 0.269 e. The highest BCUT2D eigenvalue weighted by atomic mass is 16.5. The monoisotopic (exact) mass is 355 g/mol. The number of carbonyl (C=O) groups excluding carboxylic acids is 2. The Morgan fingerprint density at radius 3 is 2.50 bits per heavy atom. The maximum absolute atomic E-state index is 12.1. The Morgan fingerprint density at radius 2 is 1.77 bits per heavy atom. The van der Waals surface area contributed by atoms with Crippen molar-refractivity contribution in [2.75, 3.05) is 25.6 Å². The fraction of sp³-hybridized carbons (Fsp3) is 0.300. The number of rotatable bonds is 6. The van der Waals surface area contributed by atoms with Gasteiger partial charge in [0.2, 0.25) is 5.91 Å². The smallest absolute Gasteiger partial charge is 0.269 e. The predicted octanol–water partition coefficient (Wildman–Crippen LogP) is 2.60. The van der Waals surface area contributed by atoms with E-state index < -0.39 is 0 Å². The van der Waals surface area contributed by atoms with Crippen LogP contribution in [0.4, 0.5) is 5.69 Å². The Balaban J connectivity index is 1.79. The zero-order valence-corrected chi connectivity index (χ0v) is 15.6. The zero-order chi connectivity index (χ0) is 19.1. The van der Waals surface area contributed by atoms with Crippen molar-refractivity contribution < 1.29 is 14.3 Å². The molecule has 0 saturated carbocycles. The second-order valence-electron chi connectivity index (χ2n) is 6.24. The Kier molecular flexibility index (Phi) is 6.60. The van der Waals surface area contributed by atoms with Crippen molar-refractivity contribution in [2.45, 2.75) is 20.3 Å². The Labute approximate surface area is 154 Å². The highest BCUT2D eigenvalue weighted by molar-refractivity contribution is 5.96. The van der Waals surface area contributed by atoms with Gasteiger partial charge >= 0.3 is 0 Å². The summed E-state index contributed by atoms with van der Waals surface area (Å²) in [5, 5.41) is 0. The van der Waals surface area contributed by atoms with Gasteiger partial charge in [-0.15, -0.1) is 0 Å². The molecule has 0 fully saturated rings. The zero-order valence-electron chi connectivity index (χ0n) is 15.6. The van der Waals surface area contributed by atoms with Crippen LogP contribution in [0, 0.1) is 13.8 Å². The minimum Gasteiger partial charge on any atom is -0.493 e. The van der Waals surface area contributed by atoms with E-state index in [-0.39, 0.29) is 24.8 Å². The number of hydrogen-bond donors (Lipinski definition) is 2. The number of nitrogens with one attached hydrogen (secondary N) is 2. The van der Waals surface area contributed by atoms with Crippen molar-refractivity contribution in [3.05, 3.63) is 59.2 Å². The molecule has 0 heterocycles. The molecule has 2 aromatic carbocycles. The van der Waals surface area contributed by atoms with Crippen LogP contribution < -0.4 is 20.5 Å². The summed E-state index contributed by atoms with van der Waals surface area (Å²) in [6.45, 7) is 4.23. The number of amides is 2. The topological polar surface area (TPSA) is 70.7 Å². The van der Waals surface area contributed by atoms with Crippen molar-refractivity contribution in [1.82, 2.24) is 10.9 Å². The number of ether oxygens (including phenoxy) is 1. The van der Waals surface area contributed by atoms with E-state index in [1.54, 1.807) is 18.2 Å². The molecule has 0 bridgehead atoms. The van der Waals surface area contributed by atoms with Gasteiger partial charge in [0.25, 0.3) is 5.91 Å². The van der Waals surface area contributed by atoms with E-state index in [0.717, 1.165) is 22.6 Å². The molecule has 0 radical (unpaired) electrons. The molecule has 2 amide bonds. The molecule has 2 N–H and O–H groups in total. The van der Waals surface area contributed by atoms with E-state index >= 15 is 0 Å². The van der Waals surface area contributed by atoms with Gasteiger partial charge in [-0.2, -0.15) is 0 Å². The maximum atomic E-state index is 12.1. The lowest BCUT2D eigenvalue weighted by Crippen LogP contribution is -2.42. The van der Waals surface area contributed by atoms with Gasteiger partial charge in [0.05, 0.1) is 13.0 Å². The summed E-state index contributed by atoms with van der Waals surface area (Å²) >= 11 is 0. The third-order valence-corrected chi connectivity index (χ3v) is 4.08. The number of anilines is 1. The van der Waals surface area contributed by atoms with E-state index in [4.69, 9.17) is 4.74 Å². The summed E-state index contributed by atoms with van der Waals surface area (Å²) in [6, 6.07) is 12.9. The minimum atomic E-state index is -0.363. The quantitative estimate of drug-likeness (QED) is 0.782. The van der Waals surface area contributed by atoms with Crippen molar-refractivity contribution in [1.29, 1.82) is 0 Å². The molecular formula is C20H25N3O3. The van der Waals surface area contributed by atoms with Crippen molar-refractivity contribution in [3.8, 4) is 5.75 Å². The summed E-state index contributed by atoms with van der Waals surface area (Å²) in [7, 11) is 3.80. The molecule has 6 heteroatoms. The average Bonchev–Trinajstić information content (AvgIpc) is 2.63. The lowest BCUT2D eigenvalue weighted by molar-refractivity contribution is -0.122. The molecule has 0 aromatic heterocycles. The first kappa shape index (κ1) is 19.3. The van der Waals surface area contributed by atoms with Crippen LogP contribution in [0.25, 0.3) is 0 Å². The largest absolute Gasteiger partial charge is 0.493 e. The van der Waals surface area contributed by atoms with E-state index in [9.17, 15) is 9.59 Å². The second kappa shape index (κ2) is 8.89. The van der Waals surface area contributed by atoms with Gasteiger partial charge in [-0.25, -0.2) is 0 Å². The van der Waals surface area contributed by atoms with Crippen molar-refractivity contribution >= 4 is 17.5 Å². The summed E-state index contributed by atoms with van der Waals surface area (Å²) in [5.74, 6) is 0.0900. The van der Waals surface area contributed by atoms with Crippen LogP contribution in [-0.4, -0.2) is 32.5 Å². The highest BCUT2D eigenvalue weighted by Crippen LogP contribution is 2.20. The number of benzene rings is 2. The summed E-state index contributed by atoms with van der Waals surface area (Å²) in [5.41, 5.74) is 8.41. The number of hydrogen-bond acceptors (Lipinski definition) is 4. The third-order valence-electron chi connectivity index (χ3n) is 4.08. The Hall–Kier alpha value is -3.02. The first-order valence-corrected chi connectivity index (χ1v) is 8.44. The molecule has 0 unspecified atom stereocenters. The number of aryl methyl sites for hydroxylation is 1. The molecule has 0 aliphatic carbocycles. The second-order valence-corrected chi connectivity index (χ2v) is 6.24. The van der Waals surface area contributed by atoms with E-state index in [2.05, 4.69) is 10.9 Å². The van der Waals surface area contributed by atoms with Crippen molar-refractivity contribution in [2.24, 2.45) is 0 Å². The van der Waals surface area contributed by atoms with Crippen LogP contribution in [0.3, 0.4) is 0 Å². The highest BCUT2D eigenvalue weighted by Gasteiger charge is 2.09. The average molecular weight is 355 g/mol. The van der Waals surface area contributed by atoms with Gasteiger partial charge in [0.15, 0.2) is 0 Å². The molecule has 2 rings (SSSR count). The fourth-order valence-electron chi connectivity index (χ4n) is 2.32. The summed E-state index contributed by atoms with van der Waals surface area (Å²) < 4.78 is 5.64. The van der Waals surface area contributed by atoms with Crippen LogP contribution in [-0.2, 0) is 4.79 Å². The first-order chi connectivity index (χ1) is 12.4. The predicted molar refractivity (Wildman–Crippen MR) is 102 cm³/mol. The van der Waals surface area contributed by atoms with Gasteiger partial charge in [0, 0.05) is 25.3 Å². The van der Waals surface area contributed by atoms with Gasteiger partial charge in [-0.05, 0) is 49.2 Å². The minimum absolute atomic E-state index is 0.144. The standard InChI is InChI=1S/C20H25N3O3/c1-14-7-5-10-18(15(14)2)26-12-11-19(24)21-22-20(25)16-8-6-9-17(13-16)23(3)4/h5-10,13H,11-12H2,1-4H3,(H,21,24)(H,22,25). The Bertz CT molecular complexity index is 788. The molecule has 0 aliphatic heterocycles. The third kappa shape index (κ3) is 5.24. The molecule has 0 saturated heterocycles. The summed E-state index contributed by atoms with van der Waals surface area (Å²) in [4.78, 5) is 25.9. The molecule has 26 heavy (non-hydrogen) atoms. The fourth-order valence-corrected chi connectivity index (χ4v) is 2.32. The first-order valence-electron chi connectivity index (χ1n) is 8.44. The van der Waals surface area contributed by atoms with Crippen molar-refractivity contribution in [3.63, 3.8) is 0 Å². The van der Waals surface area contributed by atoms with Crippen LogP contribution in [0.15, 0.2) is 42.5 Å². The summed E-state index contributed by atoms with van der Waals surface area (Å²) in [6.07, 6.45) is 0.144. The molecule has 138 valence electrons. The van der Waals surface area contributed by atoms with Gasteiger partial charge < -0.3 is 9.64 Å². The van der Waals surface area contributed by atoms with Crippen LogP contribution in [0.1, 0.15) is 27.9 Å². The number of carbonyl (C=O) groups is 2. The molecule has 6 nitrogen and oxygen atoms in total. The van der Waals surface area contributed by atoms with E-state index in [1.165, 1.54) is 0 Å². The van der Waals surface area contributed by atoms with Gasteiger partial charge in [-0.3, -0.25) is 20.4 Å². The molecular weight excluding hydrogens is 330 g/mol.